The zero-order valence-corrected chi connectivity index (χ0v) is 12.5. The van der Waals surface area contributed by atoms with Gasteiger partial charge >= 0.3 is 0 Å². The van der Waals surface area contributed by atoms with Crippen molar-refractivity contribution < 1.29 is 14.3 Å². The fourth-order valence-corrected chi connectivity index (χ4v) is 1.92. The van der Waals surface area contributed by atoms with Gasteiger partial charge in [0, 0.05) is 24.2 Å². The number of hydrogen-bond acceptors (Lipinski definition) is 3. The fourth-order valence-electron chi connectivity index (χ4n) is 1.76. The van der Waals surface area contributed by atoms with Crippen LogP contribution in [0.3, 0.4) is 0 Å². The van der Waals surface area contributed by atoms with Gasteiger partial charge in [-0.15, -0.1) is 0 Å². The molecule has 0 radical (unpaired) electrons. The minimum atomic E-state index is -0.558. The first kappa shape index (κ1) is 16.9. The number of amides is 1. The van der Waals surface area contributed by atoms with E-state index >= 15 is 0 Å². The first-order valence-electron chi connectivity index (χ1n) is 6.54. The Balaban J connectivity index is 2.61. The highest BCUT2D eigenvalue weighted by atomic mass is 35.5. The predicted molar refractivity (Wildman–Crippen MR) is 78.5 cm³/mol. The van der Waals surface area contributed by atoms with Gasteiger partial charge in [-0.2, -0.15) is 0 Å². The van der Waals surface area contributed by atoms with Gasteiger partial charge in [0.05, 0.1) is 12.2 Å². The second-order valence-corrected chi connectivity index (χ2v) is 5.25. The van der Waals surface area contributed by atoms with Gasteiger partial charge in [0.15, 0.2) is 0 Å². The molecule has 0 saturated carbocycles. The number of carbonyl (C=O) groups is 1. The monoisotopic (exact) mass is 302 g/mol. The van der Waals surface area contributed by atoms with E-state index in [0.717, 1.165) is 6.07 Å². The molecule has 1 rings (SSSR count). The van der Waals surface area contributed by atoms with Crippen LogP contribution in [-0.4, -0.2) is 41.7 Å². The minimum Gasteiger partial charge on any atom is -0.396 e. The molecule has 0 unspecified atom stereocenters. The summed E-state index contributed by atoms with van der Waals surface area (Å²) in [7, 11) is 0. The summed E-state index contributed by atoms with van der Waals surface area (Å²) in [4.78, 5) is 13.8. The predicted octanol–water partition coefficient (Wildman–Crippen LogP) is 2.51. The summed E-state index contributed by atoms with van der Waals surface area (Å²) in [6.45, 7) is 4.78. The van der Waals surface area contributed by atoms with E-state index in [0.29, 0.717) is 13.0 Å². The lowest BCUT2D eigenvalue weighted by molar-refractivity contribution is -0.117. The Hall–Kier alpha value is -1.17. The maximum Gasteiger partial charge on any atom is 0.238 e. The van der Waals surface area contributed by atoms with Gasteiger partial charge in [-0.05, 0) is 38.5 Å². The standard InChI is InChI=1S/C14H20ClFN2O2/c1-10(2)18(6-3-7-19)9-14(20)17-13-5-4-11(15)8-12(13)16/h4-5,8,10,19H,3,6-7,9H2,1-2H3,(H,17,20). The Morgan fingerprint density at radius 1 is 1.50 bits per heavy atom. The van der Waals surface area contributed by atoms with Crippen molar-refractivity contribution >= 4 is 23.2 Å². The summed E-state index contributed by atoms with van der Waals surface area (Å²) in [5.41, 5.74) is 0.116. The maximum atomic E-state index is 13.6. The Kier molecular flexibility index (Phi) is 6.91. The van der Waals surface area contributed by atoms with Gasteiger partial charge in [0.25, 0.3) is 0 Å². The lowest BCUT2D eigenvalue weighted by Gasteiger charge is -2.25. The molecule has 0 aliphatic heterocycles. The number of benzene rings is 1. The van der Waals surface area contributed by atoms with Crippen LogP contribution in [0.4, 0.5) is 10.1 Å². The van der Waals surface area contributed by atoms with E-state index in [1.165, 1.54) is 12.1 Å². The third kappa shape index (κ3) is 5.45. The van der Waals surface area contributed by atoms with E-state index in [9.17, 15) is 9.18 Å². The molecule has 0 aliphatic rings. The summed E-state index contributed by atoms with van der Waals surface area (Å²) in [5.74, 6) is -0.852. The van der Waals surface area contributed by atoms with Gasteiger partial charge < -0.3 is 10.4 Å². The molecule has 0 fully saturated rings. The average Bonchev–Trinajstić information content (AvgIpc) is 2.37. The van der Waals surface area contributed by atoms with Crippen molar-refractivity contribution in [2.24, 2.45) is 0 Å². The van der Waals surface area contributed by atoms with Crippen molar-refractivity contribution in [2.45, 2.75) is 26.3 Å². The third-order valence-electron chi connectivity index (χ3n) is 2.89. The molecular formula is C14H20ClFN2O2. The molecule has 1 aromatic carbocycles. The van der Waals surface area contributed by atoms with Crippen molar-refractivity contribution in [3.05, 3.63) is 29.0 Å². The summed E-state index contributed by atoms with van der Waals surface area (Å²) in [6, 6.07) is 4.28. The summed E-state index contributed by atoms with van der Waals surface area (Å²) in [5, 5.41) is 11.6. The number of nitrogens with zero attached hydrogens (tertiary/aromatic N) is 1. The molecule has 0 saturated heterocycles. The smallest absolute Gasteiger partial charge is 0.238 e. The Labute approximate surface area is 123 Å². The fraction of sp³-hybridized carbons (Fsp3) is 0.500. The Bertz CT molecular complexity index is 455. The van der Waals surface area contributed by atoms with Crippen LogP contribution in [0.15, 0.2) is 18.2 Å². The van der Waals surface area contributed by atoms with Crippen LogP contribution >= 0.6 is 11.6 Å². The van der Waals surface area contributed by atoms with E-state index < -0.39 is 5.82 Å². The van der Waals surface area contributed by atoms with Crippen molar-refractivity contribution in [3.8, 4) is 0 Å². The molecule has 1 aromatic rings. The molecule has 0 spiro atoms. The number of rotatable bonds is 7. The first-order chi connectivity index (χ1) is 9.43. The number of aliphatic hydroxyl groups excluding tert-OH is 1. The lowest BCUT2D eigenvalue weighted by atomic mass is 10.2. The average molecular weight is 303 g/mol. The highest BCUT2D eigenvalue weighted by molar-refractivity contribution is 6.30. The lowest BCUT2D eigenvalue weighted by Crippen LogP contribution is -2.39. The number of hydrogen-bond donors (Lipinski definition) is 2. The number of carbonyl (C=O) groups excluding carboxylic acids is 1. The number of aliphatic hydroxyl groups is 1. The van der Waals surface area contributed by atoms with Crippen LogP contribution in [0.5, 0.6) is 0 Å². The zero-order valence-electron chi connectivity index (χ0n) is 11.7. The largest absolute Gasteiger partial charge is 0.396 e. The Morgan fingerprint density at radius 2 is 2.20 bits per heavy atom. The van der Waals surface area contributed by atoms with Gasteiger partial charge in [-0.25, -0.2) is 4.39 Å². The molecule has 4 nitrogen and oxygen atoms in total. The van der Waals surface area contributed by atoms with E-state index in [1.54, 1.807) is 0 Å². The van der Waals surface area contributed by atoms with Crippen LogP contribution in [0.1, 0.15) is 20.3 Å². The first-order valence-corrected chi connectivity index (χ1v) is 6.91. The number of nitrogens with one attached hydrogen (secondary N) is 1. The SMILES string of the molecule is CC(C)N(CCCO)CC(=O)Nc1ccc(Cl)cc1F. The number of anilines is 1. The topological polar surface area (TPSA) is 52.6 Å². The van der Waals surface area contributed by atoms with Gasteiger partial charge in [-0.3, -0.25) is 9.69 Å². The van der Waals surface area contributed by atoms with E-state index in [1.807, 2.05) is 18.7 Å². The van der Waals surface area contributed by atoms with Gasteiger partial charge in [-0.1, -0.05) is 11.6 Å². The molecule has 0 heterocycles. The molecule has 0 aliphatic carbocycles. The maximum absolute atomic E-state index is 13.6. The molecule has 2 N–H and O–H groups in total. The van der Waals surface area contributed by atoms with Crippen LogP contribution in [0, 0.1) is 5.82 Å². The van der Waals surface area contributed by atoms with Crippen LogP contribution < -0.4 is 5.32 Å². The highest BCUT2D eigenvalue weighted by Crippen LogP contribution is 2.18. The summed E-state index contributed by atoms with van der Waals surface area (Å²) < 4.78 is 13.6. The van der Waals surface area contributed by atoms with E-state index in [2.05, 4.69) is 5.32 Å². The number of halogens is 2. The molecule has 1 amide bonds. The van der Waals surface area contributed by atoms with Crippen molar-refractivity contribution in [3.63, 3.8) is 0 Å². The van der Waals surface area contributed by atoms with Crippen LogP contribution in [0.25, 0.3) is 0 Å². The molecule has 6 heteroatoms. The summed E-state index contributed by atoms with van der Waals surface area (Å²) >= 11 is 5.65. The second-order valence-electron chi connectivity index (χ2n) is 4.81. The van der Waals surface area contributed by atoms with Crippen molar-refractivity contribution in [1.29, 1.82) is 0 Å². The van der Waals surface area contributed by atoms with E-state index in [-0.39, 0.29) is 35.8 Å². The molecular weight excluding hydrogens is 283 g/mol. The molecule has 0 aromatic heterocycles. The third-order valence-corrected chi connectivity index (χ3v) is 3.12. The van der Waals surface area contributed by atoms with Crippen LogP contribution in [-0.2, 0) is 4.79 Å². The van der Waals surface area contributed by atoms with Crippen LogP contribution in [0.2, 0.25) is 5.02 Å². The highest BCUT2D eigenvalue weighted by Gasteiger charge is 2.15. The molecule has 20 heavy (non-hydrogen) atoms. The molecule has 0 bridgehead atoms. The van der Waals surface area contributed by atoms with Gasteiger partial charge in [0.2, 0.25) is 5.91 Å². The zero-order chi connectivity index (χ0) is 15.1. The van der Waals surface area contributed by atoms with Gasteiger partial charge in [0.1, 0.15) is 5.82 Å². The van der Waals surface area contributed by atoms with E-state index in [4.69, 9.17) is 16.7 Å². The molecule has 112 valence electrons. The molecule has 0 atom stereocenters. The van der Waals surface area contributed by atoms with Crippen molar-refractivity contribution in [2.75, 3.05) is 25.0 Å². The Morgan fingerprint density at radius 3 is 2.75 bits per heavy atom. The summed E-state index contributed by atoms with van der Waals surface area (Å²) in [6.07, 6.45) is 0.598. The second kappa shape index (κ2) is 8.19. The minimum absolute atomic E-state index is 0.0800. The quantitative estimate of drug-likeness (QED) is 0.814. The van der Waals surface area contributed by atoms with Crippen molar-refractivity contribution in [1.82, 2.24) is 4.90 Å². The normalized spacial score (nSPS) is 11.2.